The highest BCUT2D eigenvalue weighted by Crippen LogP contribution is 2.46. The number of hydrogen-bond donors (Lipinski definition) is 1. The third kappa shape index (κ3) is 4.71. The van der Waals surface area contributed by atoms with E-state index in [4.69, 9.17) is 0 Å². The number of aromatic amines is 1. The third-order valence-corrected chi connectivity index (χ3v) is 10.6. The summed E-state index contributed by atoms with van der Waals surface area (Å²) in [6.07, 6.45) is 2.16. The molecule has 2 nitrogen and oxygen atoms in total. The number of fused-ring (bicyclic) bond motifs is 3. The van der Waals surface area contributed by atoms with Crippen LogP contribution in [0.5, 0.6) is 0 Å². The van der Waals surface area contributed by atoms with Gasteiger partial charge in [0.15, 0.2) is 0 Å². The fraction of sp³-hybridized carbons (Fsp3) is 0.0222. The molecule has 3 heterocycles. The van der Waals surface area contributed by atoms with E-state index in [0.717, 1.165) is 5.69 Å². The molecule has 9 aromatic rings. The van der Waals surface area contributed by atoms with Gasteiger partial charge in [0.25, 0.3) is 0 Å². The molecule has 228 valence electrons. The molecule has 0 atom stereocenters. The molecule has 0 spiro atoms. The van der Waals surface area contributed by atoms with Gasteiger partial charge < -0.3 is 9.55 Å². The van der Waals surface area contributed by atoms with E-state index in [1.165, 1.54) is 82.3 Å². The first-order chi connectivity index (χ1) is 23.7. The quantitative estimate of drug-likeness (QED) is 0.188. The minimum absolute atomic E-state index is 1.13. The lowest BCUT2D eigenvalue weighted by Gasteiger charge is -2.10. The van der Waals surface area contributed by atoms with Crippen molar-refractivity contribution in [3.63, 3.8) is 0 Å². The highest BCUT2D eigenvalue weighted by molar-refractivity contribution is 7.14. The zero-order valence-corrected chi connectivity index (χ0v) is 27.3. The summed E-state index contributed by atoms with van der Waals surface area (Å²) in [5, 5.41) is 4.83. The molecule has 0 saturated carbocycles. The summed E-state index contributed by atoms with van der Waals surface area (Å²) in [5.41, 5.74) is 15.9. The second-order valence-corrected chi connectivity index (χ2v) is 13.2. The molecule has 3 aromatic heterocycles. The second kappa shape index (κ2) is 11.7. The topological polar surface area (TPSA) is 20.7 Å². The molecule has 0 radical (unpaired) electrons. The van der Waals surface area contributed by atoms with Gasteiger partial charge in [-0.05, 0) is 63.0 Å². The summed E-state index contributed by atoms with van der Waals surface area (Å²) < 4.78 is 2.32. The standard InChI is InChI=1S/C45H32N2S/c1-47-40-24-22-34(44-42(32-18-10-4-11-19-32)38(28-46-44)30-14-6-2-7-15-30)26-36(40)37-27-35(23-25-41(37)47)45-43(33-20-12-5-13-21-33)39(29-48-45)31-16-8-3-9-17-31/h2-29,46H,1H3. The minimum atomic E-state index is 1.13. The number of nitrogens with zero attached hydrogens (tertiary/aromatic N) is 1. The molecule has 1 N–H and O–H groups in total. The van der Waals surface area contributed by atoms with Gasteiger partial charge in [-0.1, -0.05) is 133 Å². The SMILES string of the molecule is Cn1c2ccc(-c3[nH]cc(-c4ccccc4)c3-c3ccccc3)cc2c2cc(-c3scc(-c4ccccc4)c3-c3ccccc3)ccc21. The van der Waals surface area contributed by atoms with Gasteiger partial charge in [0.1, 0.15) is 0 Å². The molecule has 0 aliphatic carbocycles. The van der Waals surface area contributed by atoms with Gasteiger partial charge >= 0.3 is 0 Å². The Balaban J connectivity index is 1.23. The average Bonchev–Trinajstić information content (AvgIpc) is 3.88. The van der Waals surface area contributed by atoms with Crippen LogP contribution >= 0.6 is 11.3 Å². The molecular formula is C45H32N2S. The Morgan fingerprint density at radius 1 is 0.458 bits per heavy atom. The number of aryl methyl sites for hydroxylation is 1. The average molecular weight is 633 g/mol. The van der Waals surface area contributed by atoms with Crippen LogP contribution in [0.25, 0.3) is 88.0 Å². The fourth-order valence-corrected chi connectivity index (χ4v) is 8.31. The molecule has 6 aromatic carbocycles. The van der Waals surface area contributed by atoms with E-state index in [-0.39, 0.29) is 0 Å². The van der Waals surface area contributed by atoms with Crippen molar-refractivity contribution in [3.05, 3.63) is 169 Å². The first-order valence-corrected chi connectivity index (χ1v) is 17.2. The lowest BCUT2D eigenvalue weighted by atomic mass is 9.93. The zero-order chi connectivity index (χ0) is 32.0. The predicted octanol–water partition coefficient (Wildman–Crippen LogP) is 12.7. The highest BCUT2D eigenvalue weighted by Gasteiger charge is 2.20. The maximum atomic E-state index is 3.68. The first kappa shape index (κ1) is 28.3. The smallest absolute Gasteiger partial charge is 0.0540 e. The molecule has 0 aliphatic heterocycles. The summed E-state index contributed by atoms with van der Waals surface area (Å²) in [6, 6.07) is 56.8. The largest absolute Gasteiger partial charge is 0.360 e. The van der Waals surface area contributed by atoms with Gasteiger partial charge in [0, 0.05) is 62.2 Å². The van der Waals surface area contributed by atoms with Crippen LogP contribution < -0.4 is 0 Å². The Hall–Kier alpha value is -5.90. The summed E-state index contributed by atoms with van der Waals surface area (Å²) in [5.74, 6) is 0. The summed E-state index contributed by atoms with van der Waals surface area (Å²) >= 11 is 1.83. The van der Waals surface area contributed by atoms with Gasteiger partial charge in [-0.2, -0.15) is 0 Å². The molecule has 0 amide bonds. The van der Waals surface area contributed by atoms with Gasteiger partial charge in [0.05, 0.1) is 5.69 Å². The van der Waals surface area contributed by atoms with Crippen molar-refractivity contribution in [1.82, 2.24) is 9.55 Å². The van der Waals surface area contributed by atoms with Crippen molar-refractivity contribution >= 4 is 33.1 Å². The number of H-pyrrole nitrogens is 1. The molecule has 0 unspecified atom stereocenters. The van der Waals surface area contributed by atoms with Gasteiger partial charge in [0.2, 0.25) is 0 Å². The number of aromatic nitrogens is 2. The predicted molar refractivity (Wildman–Crippen MR) is 205 cm³/mol. The number of nitrogens with one attached hydrogen (secondary N) is 1. The van der Waals surface area contributed by atoms with Crippen LogP contribution in [0.1, 0.15) is 0 Å². The van der Waals surface area contributed by atoms with Crippen LogP contribution in [0.3, 0.4) is 0 Å². The highest BCUT2D eigenvalue weighted by atomic mass is 32.1. The van der Waals surface area contributed by atoms with E-state index >= 15 is 0 Å². The molecule has 0 saturated heterocycles. The lowest BCUT2D eigenvalue weighted by molar-refractivity contribution is 1.01. The van der Waals surface area contributed by atoms with Crippen LogP contribution in [0.15, 0.2) is 169 Å². The molecule has 0 fully saturated rings. The molecular weight excluding hydrogens is 601 g/mol. The first-order valence-electron chi connectivity index (χ1n) is 16.3. The van der Waals surface area contributed by atoms with Crippen molar-refractivity contribution in [2.24, 2.45) is 7.05 Å². The van der Waals surface area contributed by atoms with Gasteiger partial charge in [-0.25, -0.2) is 0 Å². The van der Waals surface area contributed by atoms with Crippen LogP contribution in [0, 0.1) is 0 Å². The monoisotopic (exact) mass is 632 g/mol. The summed E-state index contributed by atoms with van der Waals surface area (Å²) in [6.45, 7) is 0. The van der Waals surface area contributed by atoms with E-state index in [1.807, 2.05) is 11.3 Å². The van der Waals surface area contributed by atoms with Crippen molar-refractivity contribution in [2.45, 2.75) is 0 Å². The molecule has 48 heavy (non-hydrogen) atoms. The Kier molecular flexibility index (Phi) is 6.92. The van der Waals surface area contributed by atoms with Gasteiger partial charge in [-0.3, -0.25) is 0 Å². The Morgan fingerprint density at radius 2 is 0.938 bits per heavy atom. The molecule has 3 heteroatoms. The summed E-state index contributed by atoms with van der Waals surface area (Å²) in [4.78, 5) is 4.97. The third-order valence-electron chi connectivity index (χ3n) is 9.52. The van der Waals surface area contributed by atoms with E-state index < -0.39 is 0 Å². The molecule has 9 rings (SSSR count). The van der Waals surface area contributed by atoms with Crippen LogP contribution in [-0.2, 0) is 7.05 Å². The van der Waals surface area contributed by atoms with Gasteiger partial charge in [-0.15, -0.1) is 11.3 Å². The minimum Gasteiger partial charge on any atom is -0.360 e. The van der Waals surface area contributed by atoms with Crippen LogP contribution in [0.2, 0.25) is 0 Å². The van der Waals surface area contributed by atoms with Crippen molar-refractivity contribution in [2.75, 3.05) is 0 Å². The fourth-order valence-electron chi connectivity index (χ4n) is 7.21. The molecule has 0 aliphatic rings. The lowest BCUT2D eigenvalue weighted by Crippen LogP contribution is -1.88. The Labute approximate surface area is 284 Å². The maximum absolute atomic E-state index is 3.68. The molecule has 0 bridgehead atoms. The Bertz CT molecular complexity index is 2360. The van der Waals surface area contributed by atoms with E-state index in [1.54, 1.807) is 0 Å². The van der Waals surface area contributed by atoms with Crippen molar-refractivity contribution in [1.29, 1.82) is 0 Å². The normalized spacial score (nSPS) is 11.4. The van der Waals surface area contributed by atoms with Crippen molar-refractivity contribution < 1.29 is 0 Å². The number of rotatable bonds is 6. The van der Waals surface area contributed by atoms with E-state index in [2.05, 4.69) is 186 Å². The summed E-state index contributed by atoms with van der Waals surface area (Å²) in [7, 11) is 2.18. The number of thiophene rings is 1. The second-order valence-electron chi connectivity index (χ2n) is 12.3. The number of hydrogen-bond acceptors (Lipinski definition) is 1. The maximum Gasteiger partial charge on any atom is 0.0540 e. The number of benzene rings is 6. The zero-order valence-electron chi connectivity index (χ0n) is 26.5. The van der Waals surface area contributed by atoms with E-state index in [9.17, 15) is 0 Å². The van der Waals surface area contributed by atoms with Crippen LogP contribution in [0.4, 0.5) is 0 Å². The Morgan fingerprint density at radius 3 is 1.52 bits per heavy atom. The van der Waals surface area contributed by atoms with E-state index in [0.29, 0.717) is 0 Å². The van der Waals surface area contributed by atoms with Crippen molar-refractivity contribution in [3.8, 4) is 66.2 Å². The van der Waals surface area contributed by atoms with Crippen LogP contribution in [-0.4, -0.2) is 9.55 Å².